The molecule has 26 heavy (non-hydrogen) atoms. The van der Waals surface area contributed by atoms with Gasteiger partial charge >= 0.3 is 5.97 Å². The average molecular weight is 379 g/mol. The van der Waals surface area contributed by atoms with Crippen molar-refractivity contribution in [1.82, 2.24) is 4.31 Å². The van der Waals surface area contributed by atoms with Crippen LogP contribution in [0.4, 0.5) is 0 Å². The molecule has 7 nitrogen and oxygen atoms in total. The molecule has 0 fully saturated rings. The summed E-state index contributed by atoms with van der Waals surface area (Å²) in [6.07, 6.45) is 0. The minimum Gasteiger partial charge on any atom is -0.493 e. The van der Waals surface area contributed by atoms with E-state index in [4.69, 9.17) is 14.6 Å². The number of carboxylic acids is 1. The smallest absolute Gasteiger partial charge is 0.318 e. The van der Waals surface area contributed by atoms with E-state index in [1.54, 1.807) is 30.3 Å². The highest BCUT2D eigenvalue weighted by Gasteiger charge is 2.27. The summed E-state index contributed by atoms with van der Waals surface area (Å²) in [7, 11) is -0.998. The number of hydrogen-bond donors (Lipinski definition) is 1. The molecular weight excluding hydrogens is 358 g/mol. The van der Waals surface area contributed by atoms with Gasteiger partial charge in [-0.15, -0.1) is 0 Å². The lowest BCUT2D eigenvalue weighted by Crippen LogP contribution is -2.35. The normalized spacial score (nSPS) is 11.4. The van der Waals surface area contributed by atoms with Gasteiger partial charge in [-0.05, 0) is 36.8 Å². The molecule has 0 aliphatic rings. The molecule has 0 aliphatic carbocycles. The maximum atomic E-state index is 12.9. The topological polar surface area (TPSA) is 93.1 Å². The number of carboxylic acid groups (broad SMARTS) is 1. The highest BCUT2D eigenvalue weighted by molar-refractivity contribution is 7.89. The molecule has 8 heteroatoms. The highest BCUT2D eigenvalue weighted by Crippen LogP contribution is 2.29. The lowest BCUT2D eigenvalue weighted by molar-refractivity contribution is -0.137. The van der Waals surface area contributed by atoms with Crippen molar-refractivity contribution in [2.75, 3.05) is 20.8 Å². The number of carbonyl (C=O) groups is 1. The zero-order valence-corrected chi connectivity index (χ0v) is 15.6. The van der Waals surface area contributed by atoms with Crippen LogP contribution in [0.1, 0.15) is 11.1 Å². The van der Waals surface area contributed by atoms with Crippen molar-refractivity contribution in [1.29, 1.82) is 0 Å². The van der Waals surface area contributed by atoms with Crippen molar-refractivity contribution in [3.63, 3.8) is 0 Å². The van der Waals surface area contributed by atoms with Crippen LogP contribution in [0.5, 0.6) is 11.5 Å². The molecule has 0 heterocycles. The number of aryl methyl sites for hydroxylation is 1. The van der Waals surface area contributed by atoms with Crippen LogP contribution in [0, 0.1) is 6.92 Å². The maximum absolute atomic E-state index is 12.9. The van der Waals surface area contributed by atoms with Gasteiger partial charge in [0.25, 0.3) is 0 Å². The quantitative estimate of drug-likeness (QED) is 0.756. The second-order valence-electron chi connectivity index (χ2n) is 5.67. The summed E-state index contributed by atoms with van der Waals surface area (Å²) in [5.41, 5.74) is 1.49. The van der Waals surface area contributed by atoms with Crippen LogP contribution in [-0.4, -0.2) is 44.6 Å². The zero-order valence-electron chi connectivity index (χ0n) is 14.8. The Kier molecular flexibility index (Phi) is 6.23. The second-order valence-corrected chi connectivity index (χ2v) is 7.61. The van der Waals surface area contributed by atoms with Gasteiger partial charge in [0.1, 0.15) is 6.54 Å². The Morgan fingerprint density at radius 2 is 1.65 bits per heavy atom. The number of rotatable bonds is 8. The predicted octanol–water partition coefficient (Wildman–Crippen LogP) is 2.29. The predicted molar refractivity (Wildman–Crippen MR) is 96.0 cm³/mol. The van der Waals surface area contributed by atoms with Gasteiger partial charge in [-0.2, -0.15) is 4.31 Å². The van der Waals surface area contributed by atoms with Crippen LogP contribution in [0.2, 0.25) is 0 Å². The molecule has 0 aliphatic heterocycles. The monoisotopic (exact) mass is 379 g/mol. The highest BCUT2D eigenvalue weighted by atomic mass is 32.2. The third-order valence-corrected chi connectivity index (χ3v) is 5.58. The van der Waals surface area contributed by atoms with Crippen LogP contribution < -0.4 is 9.47 Å². The lowest BCUT2D eigenvalue weighted by Gasteiger charge is -2.21. The molecule has 0 unspecified atom stereocenters. The Balaban J connectivity index is 2.38. The second kappa shape index (κ2) is 8.20. The van der Waals surface area contributed by atoms with Crippen LogP contribution in [-0.2, 0) is 21.4 Å². The Hall–Kier alpha value is -2.58. The van der Waals surface area contributed by atoms with E-state index in [9.17, 15) is 13.2 Å². The molecule has 2 aromatic rings. The van der Waals surface area contributed by atoms with Gasteiger partial charge in [0.2, 0.25) is 10.0 Å². The van der Waals surface area contributed by atoms with Gasteiger partial charge in [0.05, 0.1) is 19.1 Å². The van der Waals surface area contributed by atoms with Crippen molar-refractivity contribution < 1.29 is 27.8 Å². The number of hydrogen-bond acceptors (Lipinski definition) is 5. The summed E-state index contributed by atoms with van der Waals surface area (Å²) in [6, 6.07) is 11.2. The van der Waals surface area contributed by atoms with E-state index in [1.165, 1.54) is 26.4 Å². The van der Waals surface area contributed by atoms with Crippen molar-refractivity contribution in [3.05, 3.63) is 53.6 Å². The van der Waals surface area contributed by atoms with E-state index >= 15 is 0 Å². The molecule has 2 rings (SSSR count). The number of methoxy groups -OCH3 is 2. The van der Waals surface area contributed by atoms with Gasteiger partial charge in [0.15, 0.2) is 11.5 Å². The van der Waals surface area contributed by atoms with Crippen LogP contribution >= 0.6 is 0 Å². The van der Waals surface area contributed by atoms with Gasteiger partial charge in [-0.25, -0.2) is 8.42 Å². The van der Waals surface area contributed by atoms with Gasteiger partial charge in [-0.1, -0.05) is 23.8 Å². The first-order valence-electron chi connectivity index (χ1n) is 7.77. The summed E-state index contributed by atoms with van der Waals surface area (Å²) in [4.78, 5) is 11.3. The minimum absolute atomic E-state index is 0.0461. The third-order valence-electron chi connectivity index (χ3n) is 3.78. The first-order valence-corrected chi connectivity index (χ1v) is 9.21. The van der Waals surface area contributed by atoms with E-state index in [-0.39, 0.29) is 11.4 Å². The molecule has 0 atom stereocenters. The fourth-order valence-corrected chi connectivity index (χ4v) is 3.80. The van der Waals surface area contributed by atoms with Gasteiger partial charge < -0.3 is 14.6 Å². The van der Waals surface area contributed by atoms with Crippen molar-refractivity contribution in [2.24, 2.45) is 0 Å². The standard InChI is InChI=1S/C18H21NO6S/c1-13-4-7-15(8-5-13)26(22,23)19(12-18(20)21)11-14-6-9-16(24-2)17(10-14)25-3/h4-10H,11-12H2,1-3H3,(H,20,21). The van der Waals surface area contributed by atoms with Gasteiger partial charge in [0, 0.05) is 6.54 Å². The molecular formula is C18H21NO6S. The molecule has 0 radical (unpaired) electrons. The first kappa shape index (κ1) is 19.7. The van der Waals surface area contributed by atoms with E-state index < -0.39 is 22.5 Å². The molecule has 140 valence electrons. The minimum atomic E-state index is -3.97. The third kappa shape index (κ3) is 4.53. The largest absolute Gasteiger partial charge is 0.493 e. The number of aliphatic carboxylic acids is 1. The Labute approximate surface area is 152 Å². The van der Waals surface area contributed by atoms with Crippen LogP contribution in [0.25, 0.3) is 0 Å². The summed E-state index contributed by atoms with van der Waals surface area (Å²) in [6.45, 7) is 1.09. The van der Waals surface area contributed by atoms with E-state index in [0.717, 1.165) is 9.87 Å². The zero-order chi connectivity index (χ0) is 19.3. The molecule has 2 aromatic carbocycles. The Morgan fingerprint density at radius 3 is 2.19 bits per heavy atom. The maximum Gasteiger partial charge on any atom is 0.318 e. The fourth-order valence-electron chi connectivity index (χ4n) is 2.42. The fraction of sp³-hybridized carbons (Fsp3) is 0.278. The molecule has 0 bridgehead atoms. The summed E-state index contributed by atoms with van der Waals surface area (Å²) in [5, 5.41) is 9.15. The number of nitrogens with zero attached hydrogens (tertiary/aromatic N) is 1. The Bertz CT molecular complexity index is 877. The SMILES string of the molecule is COc1ccc(CN(CC(=O)O)S(=O)(=O)c2ccc(C)cc2)cc1OC. The van der Waals surface area contributed by atoms with Crippen LogP contribution in [0.3, 0.4) is 0 Å². The summed E-state index contributed by atoms with van der Waals surface area (Å²) in [5.74, 6) is -0.295. The number of sulfonamides is 1. The first-order chi connectivity index (χ1) is 12.3. The Morgan fingerprint density at radius 1 is 1.04 bits per heavy atom. The molecule has 1 N–H and O–H groups in total. The molecule has 0 spiro atoms. The van der Waals surface area contributed by atoms with E-state index in [1.807, 2.05) is 6.92 Å². The van der Waals surface area contributed by atoms with E-state index in [2.05, 4.69) is 0 Å². The van der Waals surface area contributed by atoms with Crippen LogP contribution in [0.15, 0.2) is 47.4 Å². The van der Waals surface area contributed by atoms with Crippen molar-refractivity contribution in [3.8, 4) is 11.5 Å². The van der Waals surface area contributed by atoms with Gasteiger partial charge in [-0.3, -0.25) is 4.79 Å². The van der Waals surface area contributed by atoms with Crippen molar-refractivity contribution in [2.45, 2.75) is 18.4 Å². The number of ether oxygens (including phenoxy) is 2. The molecule has 0 saturated carbocycles. The molecule has 0 amide bonds. The molecule has 0 saturated heterocycles. The average Bonchev–Trinajstić information content (AvgIpc) is 2.61. The molecule has 0 aromatic heterocycles. The summed E-state index contributed by atoms with van der Waals surface area (Å²) < 4.78 is 37.0. The summed E-state index contributed by atoms with van der Waals surface area (Å²) >= 11 is 0. The van der Waals surface area contributed by atoms with E-state index in [0.29, 0.717) is 17.1 Å². The lowest BCUT2D eigenvalue weighted by atomic mass is 10.2. The van der Waals surface area contributed by atoms with Crippen molar-refractivity contribution >= 4 is 16.0 Å². The number of benzene rings is 2.